The van der Waals surface area contributed by atoms with Gasteiger partial charge in [-0.1, -0.05) is 0 Å². The van der Waals surface area contributed by atoms with Gasteiger partial charge in [0.25, 0.3) is 0 Å². The number of nitrogens with one attached hydrogen (secondary N) is 3. The summed E-state index contributed by atoms with van der Waals surface area (Å²) in [5.74, 6) is -2.49. The Morgan fingerprint density at radius 1 is 0.923 bits per heavy atom. The number of amides is 1. The normalized spacial score (nSPS) is 10.7. The minimum absolute atomic E-state index is 0.0690. The van der Waals surface area contributed by atoms with E-state index in [2.05, 4.69) is 19.6 Å². The van der Waals surface area contributed by atoms with Gasteiger partial charge in [0.2, 0.25) is 0 Å². The smallest absolute Gasteiger partial charge is 0.414 e. The molecule has 0 aliphatic rings. The van der Waals surface area contributed by atoms with Crippen LogP contribution in [0.25, 0.3) is 0 Å². The molecule has 150 valence electrons. The molecule has 12 nitrogen and oxygen atoms in total. The zero-order valence-corrected chi connectivity index (χ0v) is 15.5. The quantitative estimate of drug-likeness (QED) is 0.143. The summed E-state index contributed by atoms with van der Waals surface area (Å²) in [6.07, 6.45) is -1.25. The van der Waals surface area contributed by atoms with E-state index in [-0.39, 0.29) is 32.7 Å². The number of carbonyl (C=O) groups excluding carboxylic acids is 3. The van der Waals surface area contributed by atoms with E-state index in [1.54, 1.807) is 13.8 Å². The molecule has 0 saturated heterocycles. The van der Waals surface area contributed by atoms with Gasteiger partial charge < -0.3 is 19.3 Å². The molecule has 1 amide bonds. The molecule has 0 aromatic rings. The highest BCUT2D eigenvalue weighted by Crippen LogP contribution is 2.29. The van der Waals surface area contributed by atoms with Crippen molar-refractivity contribution >= 4 is 31.6 Å². The van der Waals surface area contributed by atoms with Crippen molar-refractivity contribution < 1.29 is 43.1 Å². The maximum absolute atomic E-state index is 12.6. The number of carbonyl (C=O) groups is 4. The molecule has 0 aliphatic carbocycles. The van der Waals surface area contributed by atoms with Crippen molar-refractivity contribution in [2.75, 3.05) is 32.9 Å². The first-order valence-corrected chi connectivity index (χ1v) is 9.51. The van der Waals surface area contributed by atoms with Crippen molar-refractivity contribution in [1.29, 1.82) is 0 Å². The van der Waals surface area contributed by atoms with Gasteiger partial charge in [-0.05, 0) is 20.3 Å². The molecule has 0 saturated carbocycles. The molecular weight excluding hydrogens is 373 g/mol. The summed E-state index contributed by atoms with van der Waals surface area (Å²) in [6, 6.07) is 0. The topological polar surface area (TPSA) is 169 Å². The third-order valence-electron chi connectivity index (χ3n) is 2.52. The first-order chi connectivity index (χ1) is 12.2. The summed E-state index contributed by atoms with van der Waals surface area (Å²) < 4.78 is 26.7. The van der Waals surface area contributed by atoms with Crippen molar-refractivity contribution in [3.05, 3.63) is 0 Å². The molecule has 0 radical (unpaired) electrons. The van der Waals surface area contributed by atoms with Crippen LogP contribution in [0.5, 0.6) is 0 Å². The lowest BCUT2D eigenvalue weighted by atomic mass is 10.3. The molecular formula is C13H24N3O9P. The van der Waals surface area contributed by atoms with Crippen LogP contribution in [0.3, 0.4) is 0 Å². The van der Waals surface area contributed by atoms with Gasteiger partial charge in [-0.3, -0.25) is 18.9 Å². The van der Waals surface area contributed by atoms with Crippen LogP contribution in [-0.2, 0) is 33.2 Å². The molecule has 0 spiro atoms. The first-order valence-electron chi connectivity index (χ1n) is 7.80. The average molecular weight is 397 g/mol. The Balaban J connectivity index is 4.65. The molecule has 0 bridgehead atoms. The van der Waals surface area contributed by atoms with Crippen LogP contribution in [0.15, 0.2) is 0 Å². The molecule has 0 fully saturated rings. The fourth-order valence-electron chi connectivity index (χ4n) is 1.46. The molecule has 0 aliphatic heterocycles. The van der Waals surface area contributed by atoms with Crippen molar-refractivity contribution in [2.24, 2.45) is 0 Å². The molecule has 13 heteroatoms. The molecule has 26 heavy (non-hydrogen) atoms. The van der Waals surface area contributed by atoms with E-state index in [4.69, 9.17) is 9.84 Å². The lowest BCUT2D eigenvalue weighted by Crippen LogP contribution is -2.40. The number of hydrogen-bond donors (Lipinski definition) is 4. The van der Waals surface area contributed by atoms with Crippen molar-refractivity contribution in [2.45, 2.75) is 26.7 Å². The Kier molecular flexibility index (Phi) is 12.0. The largest absolute Gasteiger partial charge is 0.481 e. The van der Waals surface area contributed by atoms with Crippen molar-refractivity contribution in [3.63, 3.8) is 0 Å². The summed E-state index contributed by atoms with van der Waals surface area (Å²) in [5, 5.41) is 15.0. The van der Waals surface area contributed by atoms with E-state index in [9.17, 15) is 23.7 Å². The van der Waals surface area contributed by atoms with Gasteiger partial charge >= 0.3 is 31.6 Å². The van der Waals surface area contributed by atoms with Crippen LogP contribution in [0, 0.1) is 0 Å². The zero-order valence-electron chi connectivity index (χ0n) is 14.6. The second-order valence-electron chi connectivity index (χ2n) is 4.63. The van der Waals surface area contributed by atoms with Crippen molar-refractivity contribution in [3.8, 4) is 0 Å². The van der Waals surface area contributed by atoms with Crippen molar-refractivity contribution in [1.82, 2.24) is 15.3 Å². The fraction of sp³-hybridized carbons (Fsp3) is 0.692. The number of esters is 2. The predicted molar refractivity (Wildman–Crippen MR) is 88.2 cm³/mol. The van der Waals surface area contributed by atoms with Gasteiger partial charge in [-0.15, -0.1) is 0 Å². The lowest BCUT2D eigenvalue weighted by Gasteiger charge is -2.20. The van der Waals surface area contributed by atoms with Gasteiger partial charge in [-0.25, -0.2) is 20.1 Å². The Morgan fingerprint density at radius 3 is 1.85 bits per heavy atom. The van der Waals surface area contributed by atoms with E-state index in [0.717, 1.165) is 0 Å². The number of carboxylic acid groups (broad SMARTS) is 1. The first kappa shape index (κ1) is 23.8. The number of aliphatic carboxylic acids is 1. The molecule has 0 aromatic heterocycles. The Hall–Kier alpha value is -2.17. The Bertz CT molecular complexity index is 515. The second-order valence-corrected chi connectivity index (χ2v) is 6.71. The van der Waals surface area contributed by atoms with Crippen LogP contribution in [0.1, 0.15) is 26.7 Å². The van der Waals surface area contributed by atoms with E-state index in [1.165, 1.54) is 0 Å². The standard InChI is InChI=1S/C13H24N3O9P/c1-3-23-11(19)8-14-26(22,15-9-12(20)24-4-2)16-13(21)25-7-5-6-10(17)18/h3-9H2,1-2H3,(H,17,18)(H3,14,15,16,21,22). The van der Waals surface area contributed by atoms with Crippen LogP contribution < -0.4 is 15.3 Å². The number of rotatable bonds is 13. The SMILES string of the molecule is CCOC(=O)CNP(=O)(NCC(=O)OCC)NC(=O)OCCCC(=O)O. The van der Waals surface area contributed by atoms with E-state index in [0.29, 0.717) is 0 Å². The monoisotopic (exact) mass is 397 g/mol. The zero-order chi connectivity index (χ0) is 20.0. The Morgan fingerprint density at radius 2 is 1.42 bits per heavy atom. The minimum Gasteiger partial charge on any atom is -0.481 e. The van der Waals surface area contributed by atoms with Crippen LogP contribution in [0.2, 0.25) is 0 Å². The van der Waals surface area contributed by atoms with Gasteiger partial charge in [0, 0.05) is 6.42 Å². The highest BCUT2D eigenvalue weighted by Gasteiger charge is 2.27. The summed E-state index contributed by atoms with van der Waals surface area (Å²) >= 11 is 0. The van der Waals surface area contributed by atoms with Crippen LogP contribution in [0.4, 0.5) is 4.79 Å². The highest BCUT2D eigenvalue weighted by molar-refractivity contribution is 7.58. The fourth-order valence-corrected chi connectivity index (χ4v) is 2.75. The third kappa shape index (κ3) is 12.2. The molecule has 0 heterocycles. The number of ether oxygens (including phenoxy) is 3. The third-order valence-corrected chi connectivity index (χ3v) is 4.22. The van der Waals surface area contributed by atoms with Gasteiger partial charge in [0.15, 0.2) is 0 Å². The number of carboxylic acids is 1. The maximum Gasteiger partial charge on any atom is 0.414 e. The average Bonchev–Trinajstić information content (AvgIpc) is 2.56. The summed E-state index contributed by atoms with van der Waals surface area (Å²) in [5.41, 5.74) is 0. The van der Waals surface area contributed by atoms with Gasteiger partial charge in [0.05, 0.1) is 19.8 Å². The maximum atomic E-state index is 12.6. The summed E-state index contributed by atoms with van der Waals surface area (Å²) in [4.78, 5) is 44.8. The predicted octanol–water partition coefficient (Wildman–Crippen LogP) is -0.00910. The molecule has 0 atom stereocenters. The summed E-state index contributed by atoms with van der Waals surface area (Å²) in [6.45, 7) is 2.18. The van der Waals surface area contributed by atoms with Gasteiger partial charge in [0.1, 0.15) is 13.1 Å². The lowest BCUT2D eigenvalue weighted by molar-refractivity contribution is -0.142. The molecule has 0 unspecified atom stereocenters. The number of hydrogen-bond acceptors (Lipinski definition) is 8. The highest BCUT2D eigenvalue weighted by atomic mass is 31.2. The molecule has 4 N–H and O–H groups in total. The van der Waals surface area contributed by atoms with E-state index >= 15 is 0 Å². The van der Waals surface area contributed by atoms with E-state index in [1.807, 2.05) is 5.09 Å². The van der Waals surface area contributed by atoms with Gasteiger partial charge in [-0.2, -0.15) is 0 Å². The van der Waals surface area contributed by atoms with E-state index < -0.39 is 44.7 Å². The Labute approximate surface area is 150 Å². The molecule has 0 rings (SSSR count). The minimum atomic E-state index is -3.94. The van der Waals surface area contributed by atoms with Crippen LogP contribution >= 0.6 is 7.59 Å². The molecule has 0 aromatic carbocycles. The second kappa shape index (κ2) is 13.1. The van der Waals surface area contributed by atoms with Crippen LogP contribution in [-0.4, -0.2) is 62.0 Å². The summed E-state index contributed by atoms with van der Waals surface area (Å²) in [7, 11) is -3.94.